The van der Waals surface area contributed by atoms with Crippen LogP contribution < -0.4 is 5.32 Å². The highest BCUT2D eigenvalue weighted by Crippen LogP contribution is 2.31. The number of nitrogens with zero attached hydrogens (tertiary/aromatic N) is 1. The summed E-state index contributed by atoms with van der Waals surface area (Å²) < 4.78 is 5.53. The standard InChI is InChI=1S/C20H26N2O2S/c1-15-8-10-20(2,11-9-15)22-18(23)14-25-13-17-12-24-19(21-17)16-6-4-3-5-7-16/h3-7,12,15H,8-11,13-14H2,1-2H3,(H,22,23). The van der Waals surface area contributed by atoms with Gasteiger partial charge in [0, 0.05) is 16.9 Å². The van der Waals surface area contributed by atoms with Crippen LogP contribution in [0.4, 0.5) is 0 Å². The van der Waals surface area contributed by atoms with Crippen molar-refractivity contribution >= 4 is 17.7 Å². The van der Waals surface area contributed by atoms with Gasteiger partial charge in [-0.3, -0.25) is 4.79 Å². The largest absolute Gasteiger partial charge is 0.444 e. The van der Waals surface area contributed by atoms with Gasteiger partial charge < -0.3 is 9.73 Å². The lowest BCUT2D eigenvalue weighted by Crippen LogP contribution is -2.48. The number of carbonyl (C=O) groups is 1. The molecular formula is C20H26N2O2S. The van der Waals surface area contributed by atoms with Gasteiger partial charge in [0.25, 0.3) is 0 Å². The second-order valence-electron chi connectivity index (χ2n) is 7.29. The lowest BCUT2D eigenvalue weighted by Gasteiger charge is -2.37. The zero-order chi connectivity index (χ0) is 17.7. The average molecular weight is 359 g/mol. The van der Waals surface area contributed by atoms with Gasteiger partial charge in [-0.05, 0) is 50.7 Å². The van der Waals surface area contributed by atoms with Gasteiger partial charge in [-0.25, -0.2) is 4.98 Å². The number of amides is 1. The van der Waals surface area contributed by atoms with E-state index in [-0.39, 0.29) is 11.4 Å². The van der Waals surface area contributed by atoms with E-state index < -0.39 is 0 Å². The summed E-state index contributed by atoms with van der Waals surface area (Å²) >= 11 is 1.58. The van der Waals surface area contributed by atoms with Crippen LogP contribution in [-0.2, 0) is 10.5 Å². The van der Waals surface area contributed by atoms with E-state index in [0.717, 1.165) is 30.0 Å². The van der Waals surface area contributed by atoms with E-state index in [2.05, 4.69) is 24.1 Å². The Hall–Kier alpha value is -1.75. The van der Waals surface area contributed by atoms with Gasteiger partial charge in [0.1, 0.15) is 6.26 Å². The molecule has 1 aliphatic carbocycles. The molecule has 0 radical (unpaired) electrons. The van der Waals surface area contributed by atoms with Gasteiger partial charge in [0.05, 0.1) is 11.4 Å². The first-order valence-corrected chi connectivity index (χ1v) is 10.1. The number of aromatic nitrogens is 1. The zero-order valence-corrected chi connectivity index (χ0v) is 15.8. The van der Waals surface area contributed by atoms with E-state index in [1.165, 1.54) is 12.8 Å². The summed E-state index contributed by atoms with van der Waals surface area (Å²) in [6.07, 6.45) is 6.23. The number of carbonyl (C=O) groups excluding carboxylic acids is 1. The van der Waals surface area contributed by atoms with Gasteiger partial charge in [0.15, 0.2) is 0 Å². The minimum atomic E-state index is -0.0292. The Morgan fingerprint density at radius 1 is 1.32 bits per heavy atom. The molecule has 5 heteroatoms. The Bertz CT molecular complexity index is 691. The molecule has 1 aromatic carbocycles. The smallest absolute Gasteiger partial charge is 0.230 e. The molecule has 1 saturated carbocycles. The van der Waals surface area contributed by atoms with Crippen molar-refractivity contribution in [1.29, 1.82) is 0 Å². The number of benzene rings is 1. The predicted octanol–water partition coefficient (Wildman–Crippen LogP) is 4.66. The normalized spacial score (nSPS) is 23.4. The van der Waals surface area contributed by atoms with Crippen LogP contribution in [0, 0.1) is 5.92 Å². The quantitative estimate of drug-likeness (QED) is 0.816. The van der Waals surface area contributed by atoms with Gasteiger partial charge in [0.2, 0.25) is 11.8 Å². The second kappa shape index (κ2) is 8.09. The average Bonchev–Trinajstić information content (AvgIpc) is 3.07. The maximum Gasteiger partial charge on any atom is 0.230 e. The minimum absolute atomic E-state index is 0.0292. The molecule has 1 N–H and O–H groups in total. The van der Waals surface area contributed by atoms with Crippen molar-refractivity contribution in [1.82, 2.24) is 10.3 Å². The van der Waals surface area contributed by atoms with Crippen molar-refractivity contribution in [2.45, 2.75) is 50.8 Å². The highest BCUT2D eigenvalue weighted by atomic mass is 32.2. The van der Waals surface area contributed by atoms with E-state index in [1.54, 1.807) is 18.0 Å². The second-order valence-corrected chi connectivity index (χ2v) is 8.28. The number of nitrogens with one attached hydrogen (secondary N) is 1. The number of hydrogen-bond acceptors (Lipinski definition) is 4. The van der Waals surface area contributed by atoms with E-state index in [4.69, 9.17) is 4.42 Å². The third-order valence-electron chi connectivity index (χ3n) is 4.87. The maximum atomic E-state index is 12.2. The Labute approximate surface area is 153 Å². The lowest BCUT2D eigenvalue weighted by molar-refractivity contribution is -0.120. The van der Waals surface area contributed by atoms with Crippen molar-refractivity contribution in [3.63, 3.8) is 0 Å². The Balaban J connectivity index is 1.44. The molecule has 0 unspecified atom stereocenters. The molecule has 4 nitrogen and oxygen atoms in total. The van der Waals surface area contributed by atoms with Crippen LogP contribution in [0.1, 0.15) is 45.2 Å². The Kier molecular flexibility index (Phi) is 5.84. The molecule has 134 valence electrons. The predicted molar refractivity (Wildman–Crippen MR) is 102 cm³/mol. The van der Waals surface area contributed by atoms with Crippen LogP contribution in [0.3, 0.4) is 0 Å². The number of oxazole rings is 1. The van der Waals surface area contributed by atoms with Crippen molar-refractivity contribution in [2.24, 2.45) is 5.92 Å². The van der Waals surface area contributed by atoms with Crippen LogP contribution in [0.15, 0.2) is 41.0 Å². The molecule has 1 aliphatic rings. The molecule has 0 spiro atoms. The summed E-state index contributed by atoms with van der Waals surface area (Å²) in [5.41, 5.74) is 1.81. The molecule has 1 fully saturated rings. The fraction of sp³-hybridized carbons (Fsp3) is 0.500. The van der Waals surface area contributed by atoms with Crippen LogP contribution in [0.25, 0.3) is 11.5 Å². The van der Waals surface area contributed by atoms with Crippen LogP contribution >= 0.6 is 11.8 Å². The van der Waals surface area contributed by atoms with Crippen LogP contribution in [-0.4, -0.2) is 22.2 Å². The molecule has 0 bridgehead atoms. The first kappa shape index (κ1) is 18.1. The summed E-state index contributed by atoms with van der Waals surface area (Å²) in [6.45, 7) is 4.46. The number of hydrogen-bond donors (Lipinski definition) is 1. The highest BCUT2D eigenvalue weighted by molar-refractivity contribution is 7.99. The fourth-order valence-corrected chi connectivity index (χ4v) is 3.93. The monoisotopic (exact) mass is 358 g/mol. The van der Waals surface area contributed by atoms with E-state index in [9.17, 15) is 4.79 Å². The summed E-state index contributed by atoms with van der Waals surface area (Å²) in [5.74, 6) is 2.67. The van der Waals surface area contributed by atoms with Crippen molar-refractivity contribution < 1.29 is 9.21 Å². The number of rotatable bonds is 6. The lowest BCUT2D eigenvalue weighted by atomic mass is 9.78. The first-order chi connectivity index (χ1) is 12.0. The molecular weight excluding hydrogens is 332 g/mol. The SMILES string of the molecule is CC1CCC(C)(NC(=O)CSCc2coc(-c3ccccc3)n2)CC1. The summed E-state index contributed by atoms with van der Waals surface area (Å²) in [5, 5.41) is 3.23. The highest BCUT2D eigenvalue weighted by Gasteiger charge is 2.30. The first-order valence-electron chi connectivity index (χ1n) is 8.93. The Morgan fingerprint density at radius 3 is 2.76 bits per heavy atom. The van der Waals surface area contributed by atoms with Crippen molar-refractivity contribution in [3.05, 3.63) is 42.3 Å². The summed E-state index contributed by atoms with van der Waals surface area (Å²) in [6, 6.07) is 9.84. The molecule has 0 atom stereocenters. The van der Waals surface area contributed by atoms with Crippen LogP contribution in [0.5, 0.6) is 0 Å². The fourth-order valence-electron chi connectivity index (χ4n) is 3.23. The van der Waals surface area contributed by atoms with E-state index in [1.807, 2.05) is 30.3 Å². The minimum Gasteiger partial charge on any atom is -0.444 e. The molecule has 0 aliphatic heterocycles. The van der Waals surface area contributed by atoms with Gasteiger partial charge in [-0.2, -0.15) is 0 Å². The van der Waals surface area contributed by atoms with E-state index in [0.29, 0.717) is 17.4 Å². The van der Waals surface area contributed by atoms with Gasteiger partial charge in [-0.1, -0.05) is 25.1 Å². The molecule has 1 amide bonds. The van der Waals surface area contributed by atoms with E-state index >= 15 is 0 Å². The van der Waals surface area contributed by atoms with Crippen molar-refractivity contribution in [2.75, 3.05) is 5.75 Å². The molecule has 0 saturated heterocycles. The molecule has 3 rings (SSSR count). The molecule has 1 heterocycles. The summed E-state index contributed by atoms with van der Waals surface area (Å²) in [7, 11) is 0. The third kappa shape index (κ3) is 5.11. The third-order valence-corrected chi connectivity index (χ3v) is 5.84. The molecule has 2 aromatic rings. The zero-order valence-electron chi connectivity index (χ0n) is 15.0. The maximum absolute atomic E-state index is 12.2. The van der Waals surface area contributed by atoms with Crippen LogP contribution in [0.2, 0.25) is 0 Å². The molecule has 25 heavy (non-hydrogen) atoms. The van der Waals surface area contributed by atoms with Crippen molar-refractivity contribution in [3.8, 4) is 11.5 Å². The number of thioether (sulfide) groups is 1. The Morgan fingerprint density at radius 2 is 2.04 bits per heavy atom. The van der Waals surface area contributed by atoms with Gasteiger partial charge >= 0.3 is 0 Å². The topological polar surface area (TPSA) is 55.1 Å². The molecule has 1 aromatic heterocycles. The summed E-state index contributed by atoms with van der Waals surface area (Å²) in [4.78, 5) is 16.7. The van der Waals surface area contributed by atoms with Gasteiger partial charge in [-0.15, -0.1) is 11.8 Å².